The van der Waals surface area contributed by atoms with E-state index in [9.17, 15) is 18.4 Å². The van der Waals surface area contributed by atoms with Gasteiger partial charge in [0.25, 0.3) is 0 Å². The number of nitrogens with zero attached hydrogens (tertiary/aromatic N) is 1. The lowest BCUT2D eigenvalue weighted by atomic mass is 9.99. The molecule has 7 heteroatoms. The molecule has 0 heterocycles. The van der Waals surface area contributed by atoms with Gasteiger partial charge in [0, 0.05) is 18.2 Å². The summed E-state index contributed by atoms with van der Waals surface area (Å²) in [5.74, 6) is -2.76. The molecule has 0 saturated carbocycles. The Kier molecular flexibility index (Phi) is 7.14. The third-order valence-corrected chi connectivity index (χ3v) is 3.69. The summed E-state index contributed by atoms with van der Waals surface area (Å²) < 4.78 is 38.1. The van der Waals surface area contributed by atoms with Gasteiger partial charge in [0.05, 0.1) is 16.8 Å². The molecule has 146 valence electrons. The predicted molar refractivity (Wildman–Crippen MR) is 100 cm³/mol. The number of hydrogen-bond acceptors (Lipinski definition) is 5. The lowest BCUT2D eigenvalue weighted by Crippen LogP contribution is -2.15. The van der Waals surface area contributed by atoms with Crippen LogP contribution in [0.1, 0.15) is 28.4 Å². The lowest BCUT2D eigenvalue weighted by Gasteiger charge is -2.11. The normalized spacial score (nSPS) is 11.1. The van der Waals surface area contributed by atoms with E-state index in [1.807, 2.05) is 0 Å². The molecular weight excluding hydrogens is 368 g/mol. The fourth-order valence-electron chi connectivity index (χ4n) is 2.38. The van der Waals surface area contributed by atoms with Crippen LogP contribution in [0.5, 0.6) is 0 Å². The van der Waals surface area contributed by atoms with Gasteiger partial charge in [-0.25, -0.2) is 18.4 Å². The van der Waals surface area contributed by atoms with E-state index in [-0.39, 0.29) is 35.6 Å². The Balaban J connectivity index is 2.14. The second-order valence-electron chi connectivity index (χ2n) is 5.80. The fourth-order valence-corrected chi connectivity index (χ4v) is 2.38. The molecule has 0 bridgehead atoms. The van der Waals surface area contributed by atoms with Gasteiger partial charge in [-0.05, 0) is 31.2 Å². The first-order valence-corrected chi connectivity index (χ1v) is 8.36. The van der Waals surface area contributed by atoms with Crippen LogP contribution in [0.4, 0.5) is 8.78 Å². The van der Waals surface area contributed by atoms with Crippen molar-refractivity contribution in [1.29, 1.82) is 0 Å². The van der Waals surface area contributed by atoms with Crippen LogP contribution in [0.3, 0.4) is 0 Å². The number of carbonyl (C=O) groups excluding carboxylic acids is 2. The summed E-state index contributed by atoms with van der Waals surface area (Å²) in [5, 5.41) is 0. The van der Waals surface area contributed by atoms with E-state index in [1.165, 1.54) is 32.2 Å². The van der Waals surface area contributed by atoms with Gasteiger partial charge in [0.2, 0.25) is 0 Å². The zero-order chi connectivity index (χ0) is 20.7. The minimum atomic E-state index is -0.757. The van der Waals surface area contributed by atoms with Crippen LogP contribution >= 0.6 is 0 Å². The Morgan fingerprint density at radius 2 is 1.57 bits per heavy atom. The molecule has 0 radical (unpaired) electrons. The van der Waals surface area contributed by atoms with Gasteiger partial charge >= 0.3 is 11.9 Å². The van der Waals surface area contributed by atoms with Crippen molar-refractivity contribution in [3.63, 3.8) is 0 Å². The van der Waals surface area contributed by atoms with Gasteiger partial charge in [0.15, 0.2) is 0 Å². The average Bonchev–Trinajstić information content (AvgIpc) is 2.67. The molecule has 0 unspecified atom stereocenters. The zero-order valence-corrected chi connectivity index (χ0v) is 15.5. The quantitative estimate of drug-likeness (QED) is 0.314. The summed E-state index contributed by atoms with van der Waals surface area (Å²) >= 11 is 0. The largest absolute Gasteiger partial charge is 0.459 e. The molecule has 0 atom stereocenters. The topological polar surface area (TPSA) is 65.0 Å². The van der Waals surface area contributed by atoms with Crippen LogP contribution in [0, 0.1) is 11.6 Å². The highest BCUT2D eigenvalue weighted by Crippen LogP contribution is 2.19. The molecule has 5 nitrogen and oxygen atoms in total. The summed E-state index contributed by atoms with van der Waals surface area (Å²) in [6.45, 7) is 4.69. The van der Waals surface area contributed by atoms with Crippen molar-refractivity contribution in [3.05, 3.63) is 82.9 Å². The first kappa shape index (κ1) is 21.0. The van der Waals surface area contributed by atoms with Gasteiger partial charge in [-0.15, -0.1) is 0 Å². The van der Waals surface area contributed by atoms with Crippen molar-refractivity contribution in [3.8, 4) is 0 Å². The van der Waals surface area contributed by atoms with E-state index in [0.29, 0.717) is 5.56 Å². The summed E-state index contributed by atoms with van der Waals surface area (Å²) in [7, 11) is 1.40. The van der Waals surface area contributed by atoms with Crippen LogP contribution < -0.4 is 0 Å². The molecular formula is C21H19F2NO4. The molecule has 0 aliphatic heterocycles. The maximum Gasteiger partial charge on any atom is 0.338 e. The summed E-state index contributed by atoms with van der Waals surface area (Å²) in [4.78, 5) is 27.4. The summed E-state index contributed by atoms with van der Waals surface area (Å²) in [6.07, 6.45) is 0. The van der Waals surface area contributed by atoms with Crippen LogP contribution in [0.25, 0.3) is 0 Å². The Hall–Kier alpha value is -3.35. The van der Waals surface area contributed by atoms with Crippen LogP contribution in [-0.4, -0.2) is 37.9 Å². The van der Waals surface area contributed by atoms with Crippen molar-refractivity contribution in [1.82, 2.24) is 0 Å². The molecule has 0 saturated heterocycles. The monoisotopic (exact) mass is 387 g/mol. The number of rotatable bonds is 7. The first-order chi connectivity index (χ1) is 13.3. The third kappa shape index (κ3) is 5.09. The SMILES string of the molecule is C=C(C)C(=O)OCCOC(=O)c1cccc(C(=NC)c2c(F)cccc2F)c1. The van der Waals surface area contributed by atoms with Crippen LogP contribution in [0.15, 0.2) is 59.6 Å². The van der Waals surface area contributed by atoms with Crippen molar-refractivity contribution >= 4 is 17.7 Å². The number of benzene rings is 2. The summed E-state index contributed by atoms with van der Waals surface area (Å²) in [6, 6.07) is 9.58. The van der Waals surface area contributed by atoms with Crippen molar-refractivity contribution in [2.24, 2.45) is 4.99 Å². The van der Waals surface area contributed by atoms with Gasteiger partial charge in [-0.1, -0.05) is 24.8 Å². The Morgan fingerprint density at radius 3 is 2.18 bits per heavy atom. The highest BCUT2D eigenvalue weighted by atomic mass is 19.1. The zero-order valence-electron chi connectivity index (χ0n) is 15.5. The van der Waals surface area contributed by atoms with Crippen LogP contribution in [-0.2, 0) is 14.3 Å². The van der Waals surface area contributed by atoms with E-state index in [1.54, 1.807) is 12.1 Å². The molecule has 0 aromatic heterocycles. The second-order valence-corrected chi connectivity index (χ2v) is 5.80. The Bertz CT molecular complexity index is 918. The van der Waals surface area contributed by atoms with E-state index >= 15 is 0 Å². The number of carbonyl (C=O) groups is 2. The number of aliphatic imine (C=N–C) groups is 1. The predicted octanol–water partition coefficient (Wildman–Crippen LogP) is 3.71. The number of esters is 2. The second kappa shape index (κ2) is 9.55. The van der Waals surface area contributed by atoms with Gasteiger partial charge < -0.3 is 9.47 Å². The molecule has 2 rings (SSSR count). The Labute approximate surface area is 161 Å². The van der Waals surface area contributed by atoms with Crippen molar-refractivity contribution in [2.45, 2.75) is 6.92 Å². The lowest BCUT2D eigenvalue weighted by molar-refractivity contribution is -0.140. The van der Waals surface area contributed by atoms with E-state index < -0.39 is 23.6 Å². The molecule has 28 heavy (non-hydrogen) atoms. The summed E-state index contributed by atoms with van der Waals surface area (Å²) in [5.41, 5.74) is 0.560. The maximum atomic E-state index is 14.1. The van der Waals surface area contributed by atoms with Crippen molar-refractivity contribution < 1.29 is 27.8 Å². The molecule has 0 amide bonds. The minimum absolute atomic E-state index is 0.0700. The number of ether oxygens (including phenoxy) is 2. The average molecular weight is 387 g/mol. The van der Waals surface area contributed by atoms with Gasteiger partial charge in [0.1, 0.15) is 24.8 Å². The molecule has 2 aromatic rings. The number of hydrogen-bond donors (Lipinski definition) is 0. The highest BCUT2D eigenvalue weighted by molar-refractivity contribution is 6.13. The fraction of sp³-hybridized carbons (Fsp3) is 0.190. The molecule has 2 aromatic carbocycles. The Morgan fingerprint density at radius 1 is 1.00 bits per heavy atom. The van der Waals surface area contributed by atoms with Gasteiger partial charge in [-0.2, -0.15) is 0 Å². The third-order valence-electron chi connectivity index (χ3n) is 3.69. The van der Waals surface area contributed by atoms with E-state index in [4.69, 9.17) is 9.47 Å². The molecule has 0 N–H and O–H groups in total. The van der Waals surface area contributed by atoms with Gasteiger partial charge in [-0.3, -0.25) is 4.99 Å². The van der Waals surface area contributed by atoms with E-state index in [2.05, 4.69) is 11.6 Å². The highest BCUT2D eigenvalue weighted by Gasteiger charge is 2.18. The molecule has 0 spiro atoms. The van der Waals surface area contributed by atoms with E-state index in [0.717, 1.165) is 12.1 Å². The van der Waals surface area contributed by atoms with Crippen LogP contribution in [0.2, 0.25) is 0 Å². The van der Waals surface area contributed by atoms with Crippen molar-refractivity contribution in [2.75, 3.05) is 20.3 Å². The first-order valence-electron chi connectivity index (χ1n) is 8.36. The number of halogens is 2. The minimum Gasteiger partial charge on any atom is -0.459 e. The standard InChI is InChI=1S/C21H19F2NO4/c1-13(2)20(25)27-10-11-28-21(26)15-7-4-6-14(12-15)19(24-3)18-16(22)8-5-9-17(18)23/h4-9,12H,1,10-11H2,2-3H3. The molecule has 0 fully saturated rings. The molecule has 0 aliphatic carbocycles. The maximum absolute atomic E-state index is 14.1. The smallest absolute Gasteiger partial charge is 0.338 e. The molecule has 0 aliphatic rings.